The number of anilines is 1. The predicted molar refractivity (Wildman–Crippen MR) is 106 cm³/mol. The monoisotopic (exact) mass is 407 g/mol. The molecular formula is C18H25N5O4S. The summed E-state index contributed by atoms with van der Waals surface area (Å²) in [6.45, 7) is 2.56. The molecule has 1 aliphatic heterocycles. The Labute approximate surface area is 164 Å². The smallest absolute Gasteiger partial charge is 0.324 e. The zero-order chi connectivity index (χ0) is 20.5. The third kappa shape index (κ3) is 4.50. The van der Waals surface area contributed by atoms with Crippen LogP contribution < -0.4 is 11.0 Å². The third-order valence-electron chi connectivity index (χ3n) is 4.96. The van der Waals surface area contributed by atoms with Crippen molar-refractivity contribution in [3.63, 3.8) is 0 Å². The minimum absolute atomic E-state index is 0.0169. The number of amides is 1. The molecule has 3 rings (SSSR count). The van der Waals surface area contributed by atoms with Crippen LogP contribution in [0.3, 0.4) is 0 Å². The van der Waals surface area contributed by atoms with Crippen molar-refractivity contribution >= 4 is 21.6 Å². The Morgan fingerprint density at radius 3 is 2.57 bits per heavy atom. The molecule has 1 aliphatic rings. The molecule has 0 saturated carbocycles. The van der Waals surface area contributed by atoms with E-state index in [4.69, 9.17) is 0 Å². The number of hydrogen-bond donors (Lipinski definition) is 1. The summed E-state index contributed by atoms with van der Waals surface area (Å²) < 4.78 is 27.3. The van der Waals surface area contributed by atoms with E-state index in [2.05, 4.69) is 10.4 Å². The molecule has 0 spiro atoms. The maximum Gasteiger partial charge on any atom is 0.346 e. The fourth-order valence-electron chi connectivity index (χ4n) is 3.47. The van der Waals surface area contributed by atoms with Crippen LogP contribution in [0.5, 0.6) is 0 Å². The Balaban J connectivity index is 1.70. The highest BCUT2D eigenvalue weighted by Gasteiger charge is 2.29. The molecule has 9 nitrogen and oxygen atoms in total. The van der Waals surface area contributed by atoms with E-state index >= 15 is 0 Å². The van der Waals surface area contributed by atoms with Gasteiger partial charge in [-0.25, -0.2) is 22.2 Å². The van der Waals surface area contributed by atoms with Crippen LogP contribution in [0.4, 0.5) is 5.69 Å². The first-order valence-electron chi connectivity index (χ1n) is 9.10. The zero-order valence-electron chi connectivity index (χ0n) is 16.3. The van der Waals surface area contributed by atoms with Crippen molar-refractivity contribution in [2.75, 3.05) is 24.7 Å². The van der Waals surface area contributed by atoms with Gasteiger partial charge in [-0.2, -0.15) is 5.10 Å². The van der Waals surface area contributed by atoms with Gasteiger partial charge in [-0.15, -0.1) is 0 Å². The predicted octanol–water partition coefficient (Wildman–Crippen LogP) is 0.668. The zero-order valence-corrected chi connectivity index (χ0v) is 17.1. The Morgan fingerprint density at radius 2 is 1.96 bits per heavy atom. The summed E-state index contributed by atoms with van der Waals surface area (Å²) in [5.74, 6) is 0.238. The highest BCUT2D eigenvalue weighted by atomic mass is 32.2. The van der Waals surface area contributed by atoms with Crippen LogP contribution in [0.15, 0.2) is 29.1 Å². The summed E-state index contributed by atoms with van der Waals surface area (Å²) in [7, 11) is -1.58. The van der Waals surface area contributed by atoms with Crippen LogP contribution in [-0.4, -0.2) is 52.3 Å². The lowest BCUT2D eigenvalue weighted by atomic mass is 9.97. The number of piperidine rings is 1. The average molecular weight is 407 g/mol. The van der Waals surface area contributed by atoms with Crippen LogP contribution >= 0.6 is 0 Å². The van der Waals surface area contributed by atoms with Gasteiger partial charge in [0.15, 0.2) is 0 Å². The van der Waals surface area contributed by atoms with E-state index in [1.165, 1.54) is 15.1 Å². The van der Waals surface area contributed by atoms with Gasteiger partial charge in [0.2, 0.25) is 15.9 Å². The number of nitrogens with zero attached hydrogens (tertiary/aromatic N) is 4. The average Bonchev–Trinajstić information content (AvgIpc) is 2.89. The van der Waals surface area contributed by atoms with E-state index in [0.717, 1.165) is 10.2 Å². The first-order chi connectivity index (χ1) is 13.1. The Kier molecular flexibility index (Phi) is 5.71. The molecule has 10 heteroatoms. The van der Waals surface area contributed by atoms with E-state index < -0.39 is 10.0 Å². The second-order valence-corrected chi connectivity index (χ2v) is 9.19. The molecule has 0 aliphatic carbocycles. The molecule has 1 aromatic heterocycles. The number of sulfonamides is 1. The largest absolute Gasteiger partial charge is 0.346 e. The second kappa shape index (κ2) is 7.88. The quantitative estimate of drug-likeness (QED) is 0.784. The van der Waals surface area contributed by atoms with Crippen LogP contribution in [-0.2, 0) is 28.4 Å². The lowest BCUT2D eigenvalue weighted by Crippen LogP contribution is -2.37. The minimum atomic E-state index is -3.21. The van der Waals surface area contributed by atoms with Crippen molar-refractivity contribution in [2.24, 2.45) is 7.05 Å². The normalized spacial score (nSPS) is 16.2. The Hall–Kier alpha value is -2.46. The molecule has 152 valence electrons. The SMILES string of the molecule is Cc1cccc(NC(=O)Cn2nc(C3CCN(S(C)(=O)=O)CC3)n(C)c2=O)c1. The molecule has 0 unspecified atom stereocenters. The fraction of sp³-hybridized carbons (Fsp3) is 0.500. The van der Waals surface area contributed by atoms with Gasteiger partial charge in [-0.3, -0.25) is 9.36 Å². The van der Waals surface area contributed by atoms with Gasteiger partial charge in [0.05, 0.1) is 6.26 Å². The van der Waals surface area contributed by atoms with E-state index in [1.54, 1.807) is 13.1 Å². The molecule has 28 heavy (non-hydrogen) atoms. The van der Waals surface area contributed by atoms with Crippen molar-refractivity contribution in [1.29, 1.82) is 0 Å². The molecule has 0 atom stereocenters. The van der Waals surface area contributed by atoms with Gasteiger partial charge in [0, 0.05) is 31.7 Å². The molecule has 0 bridgehead atoms. The number of hydrogen-bond acceptors (Lipinski definition) is 5. The van der Waals surface area contributed by atoms with E-state index in [9.17, 15) is 18.0 Å². The van der Waals surface area contributed by atoms with Crippen molar-refractivity contribution in [2.45, 2.75) is 32.2 Å². The van der Waals surface area contributed by atoms with Gasteiger partial charge in [-0.05, 0) is 37.5 Å². The van der Waals surface area contributed by atoms with Crippen molar-refractivity contribution in [1.82, 2.24) is 18.7 Å². The number of aromatic nitrogens is 3. The lowest BCUT2D eigenvalue weighted by Gasteiger charge is -2.29. The second-order valence-electron chi connectivity index (χ2n) is 7.21. The first-order valence-corrected chi connectivity index (χ1v) is 11.0. The number of aryl methyl sites for hydroxylation is 1. The van der Waals surface area contributed by atoms with Crippen LogP contribution in [0.25, 0.3) is 0 Å². The van der Waals surface area contributed by atoms with Crippen molar-refractivity contribution in [3.05, 3.63) is 46.1 Å². The van der Waals surface area contributed by atoms with Gasteiger partial charge >= 0.3 is 5.69 Å². The van der Waals surface area contributed by atoms with E-state index in [1.807, 2.05) is 25.1 Å². The molecule has 1 fully saturated rings. The number of carbonyl (C=O) groups excluding carboxylic acids is 1. The molecule has 0 radical (unpaired) electrons. The molecule has 2 heterocycles. The molecule has 1 N–H and O–H groups in total. The summed E-state index contributed by atoms with van der Waals surface area (Å²) in [6, 6.07) is 7.41. The number of nitrogens with one attached hydrogen (secondary N) is 1. The lowest BCUT2D eigenvalue weighted by molar-refractivity contribution is -0.117. The summed E-state index contributed by atoms with van der Waals surface area (Å²) in [4.78, 5) is 24.8. The topological polar surface area (TPSA) is 106 Å². The fourth-order valence-corrected chi connectivity index (χ4v) is 4.34. The molecule has 1 amide bonds. The van der Waals surface area contributed by atoms with Crippen molar-refractivity contribution in [3.8, 4) is 0 Å². The van der Waals surface area contributed by atoms with E-state index in [0.29, 0.717) is 37.4 Å². The van der Waals surface area contributed by atoms with Crippen LogP contribution in [0.2, 0.25) is 0 Å². The molecule has 1 aromatic carbocycles. The number of carbonyl (C=O) groups is 1. The third-order valence-corrected chi connectivity index (χ3v) is 6.26. The van der Waals surface area contributed by atoms with Crippen LogP contribution in [0, 0.1) is 6.92 Å². The number of rotatable bonds is 5. The van der Waals surface area contributed by atoms with Crippen LogP contribution in [0.1, 0.15) is 30.1 Å². The Bertz CT molecular complexity index is 1030. The Morgan fingerprint density at radius 1 is 1.29 bits per heavy atom. The minimum Gasteiger partial charge on any atom is -0.324 e. The maximum absolute atomic E-state index is 12.5. The molecule has 2 aromatic rings. The summed E-state index contributed by atoms with van der Waals surface area (Å²) in [6.07, 6.45) is 2.38. The number of benzene rings is 1. The maximum atomic E-state index is 12.5. The standard InChI is InChI=1S/C18H25N5O4S/c1-13-5-4-6-15(11-13)19-16(24)12-23-18(25)21(2)17(20-23)14-7-9-22(10-8-14)28(3,26)27/h4-6,11,14H,7-10,12H2,1-3H3,(H,19,24). The summed E-state index contributed by atoms with van der Waals surface area (Å²) in [5, 5.41) is 7.13. The summed E-state index contributed by atoms with van der Waals surface area (Å²) in [5.41, 5.74) is 1.33. The highest BCUT2D eigenvalue weighted by molar-refractivity contribution is 7.88. The summed E-state index contributed by atoms with van der Waals surface area (Å²) >= 11 is 0. The van der Waals surface area contributed by atoms with Gasteiger partial charge in [0.1, 0.15) is 12.4 Å². The van der Waals surface area contributed by atoms with E-state index in [-0.39, 0.29) is 24.1 Å². The highest BCUT2D eigenvalue weighted by Crippen LogP contribution is 2.26. The van der Waals surface area contributed by atoms with Gasteiger partial charge < -0.3 is 5.32 Å². The van der Waals surface area contributed by atoms with Crippen molar-refractivity contribution < 1.29 is 13.2 Å². The molecular weight excluding hydrogens is 382 g/mol. The van der Waals surface area contributed by atoms with Gasteiger partial charge in [0.25, 0.3) is 0 Å². The first kappa shape index (κ1) is 20.3. The molecule has 1 saturated heterocycles. The van der Waals surface area contributed by atoms with Gasteiger partial charge in [-0.1, -0.05) is 12.1 Å².